The molecule has 2 heteroatoms. The molecule has 0 aliphatic heterocycles. The minimum Gasteiger partial charge on any atom is -0.389 e. The van der Waals surface area contributed by atoms with Crippen LogP contribution in [0.4, 0.5) is 0 Å². The molecule has 1 aromatic carbocycles. The third kappa shape index (κ3) is 3.13. The first-order chi connectivity index (χ1) is 6.43. The molecule has 0 saturated carbocycles. The Hall–Kier alpha value is -0.860. The molecule has 0 radical (unpaired) electrons. The molecular weight excluding hydrogens is 174 g/mol. The van der Waals surface area contributed by atoms with Gasteiger partial charge >= 0.3 is 0 Å². The second-order valence-corrected chi connectivity index (χ2v) is 4.37. The van der Waals surface area contributed by atoms with Crippen molar-refractivity contribution in [2.75, 3.05) is 6.54 Å². The van der Waals surface area contributed by atoms with E-state index in [4.69, 9.17) is 5.73 Å². The van der Waals surface area contributed by atoms with Gasteiger partial charge in [-0.1, -0.05) is 29.3 Å². The third-order valence-corrected chi connectivity index (χ3v) is 2.31. The minimum atomic E-state index is -0.791. The van der Waals surface area contributed by atoms with E-state index in [1.807, 2.05) is 0 Å². The number of aliphatic hydroxyl groups is 1. The lowest BCUT2D eigenvalue weighted by Crippen LogP contribution is -2.36. The molecule has 14 heavy (non-hydrogen) atoms. The van der Waals surface area contributed by atoms with E-state index < -0.39 is 5.60 Å². The Balaban J connectivity index is 2.87. The molecule has 78 valence electrons. The quantitative estimate of drug-likeness (QED) is 0.765. The lowest BCUT2D eigenvalue weighted by molar-refractivity contribution is 0.0696. The zero-order valence-corrected chi connectivity index (χ0v) is 9.17. The van der Waals surface area contributed by atoms with E-state index >= 15 is 0 Å². The molecule has 1 unspecified atom stereocenters. The van der Waals surface area contributed by atoms with Crippen LogP contribution in [0.2, 0.25) is 0 Å². The van der Waals surface area contributed by atoms with Gasteiger partial charge in [0.05, 0.1) is 5.60 Å². The predicted molar refractivity (Wildman–Crippen MR) is 59.3 cm³/mol. The first-order valence-corrected chi connectivity index (χ1v) is 4.92. The molecule has 0 spiro atoms. The van der Waals surface area contributed by atoms with E-state index in [-0.39, 0.29) is 0 Å². The minimum absolute atomic E-state index is 0.292. The third-order valence-electron chi connectivity index (χ3n) is 2.31. The number of aryl methyl sites for hydroxylation is 2. The number of hydrogen-bond acceptors (Lipinski definition) is 2. The molecule has 1 rings (SSSR count). The molecule has 0 bridgehead atoms. The number of nitrogens with two attached hydrogens (primary N) is 1. The highest BCUT2D eigenvalue weighted by Gasteiger charge is 2.18. The van der Waals surface area contributed by atoms with Crippen molar-refractivity contribution in [3.63, 3.8) is 0 Å². The largest absolute Gasteiger partial charge is 0.389 e. The highest BCUT2D eigenvalue weighted by molar-refractivity contribution is 5.29. The van der Waals surface area contributed by atoms with Crippen molar-refractivity contribution in [1.82, 2.24) is 0 Å². The molecule has 0 amide bonds. The Morgan fingerprint density at radius 2 is 1.71 bits per heavy atom. The number of rotatable bonds is 3. The van der Waals surface area contributed by atoms with Crippen molar-refractivity contribution in [2.24, 2.45) is 5.73 Å². The summed E-state index contributed by atoms with van der Waals surface area (Å²) in [5, 5.41) is 9.83. The zero-order valence-electron chi connectivity index (χ0n) is 9.17. The molecule has 1 aromatic rings. The summed E-state index contributed by atoms with van der Waals surface area (Å²) in [6, 6.07) is 6.31. The molecule has 2 nitrogen and oxygen atoms in total. The fourth-order valence-corrected chi connectivity index (χ4v) is 1.68. The van der Waals surface area contributed by atoms with Crippen LogP contribution in [0.5, 0.6) is 0 Å². The Bertz CT molecular complexity index is 298. The highest BCUT2D eigenvalue weighted by Crippen LogP contribution is 2.15. The van der Waals surface area contributed by atoms with Crippen LogP contribution in [0.15, 0.2) is 18.2 Å². The highest BCUT2D eigenvalue weighted by atomic mass is 16.3. The van der Waals surface area contributed by atoms with Gasteiger partial charge in [-0.3, -0.25) is 0 Å². The summed E-state index contributed by atoms with van der Waals surface area (Å²) in [4.78, 5) is 0. The van der Waals surface area contributed by atoms with Gasteiger partial charge < -0.3 is 10.8 Å². The average molecular weight is 193 g/mol. The molecule has 3 N–H and O–H groups in total. The van der Waals surface area contributed by atoms with E-state index in [0.717, 1.165) is 5.56 Å². The maximum atomic E-state index is 9.83. The summed E-state index contributed by atoms with van der Waals surface area (Å²) in [6.07, 6.45) is 0.617. The molecule has 0 fully saturated rings. The van der Waals surface area contributed by atoms with Crippen LogP contribution in [0, 0.1) is 13.8 Å². The van der Waals surface area contributed by atoms with Gasteiger partial charge in [-0.15, -0.1) is 0 Å². The molecule has 0 aliphatic carbocycles. The van der Waals surface area contributed by atoms with Crippen molar-refractivity contribution in [3.8, 4) is 0 Å². The predicted octanol–water partition coefficient (Wildman–Crippen LogP) is 1.56. The number of benzene rings is 1. The van der Waals surface area contributed by atoms with E-state index in [0.29, 0.717) is 13.0 Å². The first kappa shape index (κ1) is 11.2. The zero-order chi connectivity index (χ0) is 10.8. The van der Waals surface area contributed by atoms with Crippen LogP contribution in [0.1, 0.15) is 23.6 Å². The summed E-state index contributed by atoms with van der Waals surface area (Å²) in [7, 11) is 0. The molecule has 0 saturated heterocycles. The fraction of sp³-hybridized carbons (Fsp3) is 0.500. The van der Waals surface area contributed by atoms with Crippen molar-refractivity contribution < 1.29 is 5.11 Å². The van der Waals surface area contributed by atoms with Gasteiger partial charge in [0, 0.05) is 13.0 Å². The average Bonchev–Trinajstić information content (AvgIpc) is 2.01. The van der Waals surface area contributed by atoms with Crippen LogP contribution >= 0.6 is 0 Å². The molecule has 0 aliphatic rings. The Kier molecular flexibility index (Phi) is 3.29. The van der Waals surface area contributed by atoms with E-state index in [2.05, 4.69) is 32.0 Å². The maximum absolute atomic E-state index is 9.83. The molecule has 1 atom stereocenters. The van der Waals surface area contributed by atoms with Gasteiger partial charge in [-0.05, 0) is 26.3 Å². The van der Waals surface area contributed by atoms with Crippen molar-refractivity contribution >= 4 is 0 Å². The van der Waals surface area contributed by atoms with Gasteiger partial charge in [0.15, 0.2) is 0 Å². The molecule has 0 heterocycles. The van der Waals surface area contributed by atoms with Gasteiger partial charge in [0.2, 0.25) is 0 Å². The van der Waals surface area contributed by atoms with Gasteiger partial charge in [0.25, 0.3) is 0 Å². The monoisotopic (exact) mass is 193 g/mol. The van der Waals surface area contributed by atoms with Crippen LogP contribution < -0.4 is 5.73 Å². The maximum Gasteiger partial charge on any atom is 0.0781 e. The van der Waals surface area contributed by atoms with Crippen molar-refractivity contribution in [1.29, 1.82) is 0 Å². The smallest absolute Gasteiger partial charge is 0.0781 e. The van der Waals surface area contributed by atoms with Crippen LogP contribution in [0.25, 0.3) is 0 Å². The van der Waals surface area contributed by atoms with Gasteiger partial charge in [-0.2, -0.15) is 0 Å². The van der Waals surface area contributed by atoms with Gasteiger partial charge in [-0.25, -0.2) is 0 Å². The lowest BCUT2D eigenvalue weighted by Gasteiger charge is -2.21. The summed E-state index contributed by atoms with van der Waals surface area (Å²) in [6.45, 7) is 6.19. The van der Waals surface area contributed by atoms with Crippen molar-refractivity contribution in [3.05, 3.63) is 34.9 Å². The standard InChI is InChI=1S/C12H19NO/c1-9-4-10(2)6-11(5-9)7-12(3,14)8-13/h4-6,14H,7-8,13H2,1-3H3. The van der Waals surface area contributed by atoms with E-state index in [9.17, 15) is 5.11 Å². The number of hydrogen-bond donors (Lipinski definition) is 2. The van der Waals surface area contributed by atoms with Crippen molar-refractivity contribution in [2.45, 2.75) is 32.8 Å². The topological polar surface area (TPSA) is 46.2 Å². The lowest BCUT2D eigenvalue weighted by atomic mass is 9.94. The van der Waals surface area contributed by atoms with Crippen LogP contribution in [-0.4, -0.2) is 17.3 Å². The second kappa shape index (κ2) is 4.11. The second-order valence-electron chi connectivity index (χ2n) is 4.37. The summed E-state index contributed by atoms with van der Waals surface area (Å²) in [5.41, 5.74) is 8.30. The Morgan fingerprint density at radius 3 is 2.14 bits per heavy atom. The summed E-state index contributed by atoms with van der Waals surface area (Å²) < 4.78 is 0. The molecule has 0 aromatic heterocycles. The van der Waals surface area contributed by atoms with Crippen LogP contribution in [-0.2, 0) is 6.42 Å². The summed E-state index contributed by atoms with van der Waals surface area (Å²) in [5.74, 6) is 0. The molecular formula is C12H19NO. The fourth-order valence-electron chi connectivity index (χ4n) is 1.68. The Morgan fingerprint density at radius 1 is 1.21 bits per heavy atom. The van der Waals surface area contributed by atoms with E-state index in [1.165, 1.54) is 11.1 Å². The summed E-state index contributed by atoms with van der Waals surface area (Å²) >= 11 is 0. The van der Waals surface area contributed by atoms with E-state index in [1.54, 1.807) is 6.92 Å². The normalized spacial score (nSPS) is 15.2. The SMILES string of the molecule is Cc1cc(C)cc(CC(C)(O)CN)c1. The van der Waals surface area contributed by atoms with Crippen LogP contribution in [0.3, 0.4) is 0 Å². The Labute approximate surface area is 85.8 Å². The van der Waals surface area contributed by atoms with Gasteiger partial charge in [0.1, 0.15) is 0 Å². The first-order valence-electron chi connectivity index (χ1n) is 4.92.